The van der Waals surface area contributed by atoms with Crippen molar-refractivity contribution in [2.45, 2.75) is 112 Å². The fraction of sp³-hybridized carbons (Fsp3) is 0.815. The Labute approximate surface area is 205 Å². The van der Waals surface area contributed by atoms with Crippen molar-refractivity contribution in [2.24, 2.45) is 16.2 Å². The van der Waals surface area contributed by atoms with Crippen LogP contribution in [0.3, 0.4) is 0 Å². The molecule has 196 valence electrons. The zero-order chi connectivity index (χ0) is 26.4. The molecule has 0 N–H and O–H groups in total. The van der Waals surface area contributed by atoms with E-state index >= 15 is 0 Å². The molecular formula is C27H46O7. The molecule has 1 saturated heterocycles. The maximum Gasteiger partial charge on any atom is 0.330 e. The summed E-state index contributed by atoms with van der Waals surface area (Å²) in [4.78, 5) is 35.4. The van der Waals surface area contributed by atoms with Crippen LogP contribution < -0.4 is 0 Å². The number of carbonyl (C=O) groups is 3. The first kappa shape index (κ1) is 30.1. The molecule has 0 amide bonds. The van der Waals surface area contributed by atoms with Gasteiger partial charge in [-0.1, -0.05) is 62.0 Å². The van der Waals surface area contributed by atoms with Gasteiger partial charge in [-0.2, -0.15) is 0 Å². The van der Waals surface area contributed by atoms with Crippen molar-refractivity contribution in [3.8, 4) is 0 Å². The number of hydrogen-bond acceptors (Lipinski definition) is 7. The van der Waals surface area contributed by atoms with E-state index in [1.807, 2.05) is 0 Å². The van der Waals surface area contributed by atoms with Gasteiger partial charge in [0, 0.05) is 6.08 Å². The van der Waals surface area contributed by atoms with Gasteiger partial charge >= 0.3 is 17.9 Å². The lowest BCUT2D eigenvalue weighted by molar-refractivity contribution is -0.157. The molecule has 1 aliphatic rings. The SMILES string of the molecule is C=CC(=O)OCCOC(=O)CCC(=O)OC(CC(C)(C)C)CC(C)(C)C1(C)OC1CC(C)(C)C. The van der Waals surface area contributed by atoms with Crippen molar-refractivity contribution in [1.82, 2.24) is 0 Å². The molecule has 3 unspecified atom stereocenters. The normalized spacial score (nSPS) is 21.4. The first-order valence-corrected chi connectivity index (χ1v) is 12.2. The van der Waals surface area contributed by atoms with Crippen LogP contribution in [0.1, 0.15) is 94.4 Å². The number of carbonyl (C=O) groups excluding carboxylic acids is 3. The maximum atomic E-state index is 12.6. The first-order valence-electron chi connectivity index (χ1n) is 12.2. The Morgan fingerprint density at radius 1 is 0.912 bits per heavy atom. The minimum absolute atomic E-state index is 0.0288. The van der Waals surface area contributed by atoms with Gasteiger partial charge < -0.3 is 18.9 Å². The van der Waals surface area contributed by atoms with E-state index in [9.17, 15) is 14.4 Å². The monoisotopic (exact) mass is 482 g/mol. The Balaban J connectivity index is 2.62. The summed E-state index contributed by atoms with van der Waals surface area (Å²) in [5.41, 5.74) is -0.306. The summed E-state index contributed by atoms with van der Waals surface area (Å²) in [5.74, 6) is -1.54. The fourth-order valence-electron chi connectivity index (χ4n) is 4.14. The Morgan fingerprint density at radius 2 is 1.47 bits per heavy atom. The lowest BCUT2D eigenvalue weighted by Gasteiger charge is -2.36. The number of esters is 3. The number of hydrogen-bond donors (Lipinski definition) is 0. The minimum Gasteiger partial charge on any atom is -0.462 e. The Bertz CT molecular complexity index is 726. The molecule has 7 heteroatoms. The van der Waals surface area contributed by atoms with E-state index in [0.29, 0.717) is 12.8 Å². The predicted octanol–water partition coefficient (Wildman–Crippen LogP) is 5.40. The molecule has 1 heterocycles. The average molecular weight is 483 g/mol. The van der Waals surface area contributed by atoms with Crippen LogP contribution in [-0.4, -0.2) is 48.9 Å². The van der Waals surface area contributed by atoms with E-state index in [4.69, 9.17) is 18.9 Å². The van der Waals surface area contributed by atoms with Crippen LogP contribution in [0.5, 0.6) is 0 Å². The quantitative estimate of drug-likeness (QED) is 0.114. The summed E-state index contributed by atoms with van der Waals surface area (Å²) >= 11 is 0. The van der Waals surface area contributed by atoms with E-state index < -0.39 is 17.9 Å². The van der Waals surface area contributed by atoms with Crippen LogP contribution in [0.25, 0.3) is 0 Å². The van der Waals surface area contributed by atoms with Crippen LogP contribution in [0.4, 0.5) is 0 Å². The molecule has 0 spiro atoms. The third-order valence-corrected chi connectivity index (χ3v) is 6.25. The van der Waals surface area contributed by atoms with Crippen LogP contribution in [-0.2, 0) is 33.3 Å². The van der Waals surface area contributed by atoms with Gasteiger partial charge in [-0.25, -0.2) is 4.79 Å². The minimum atomic E-state index is -0.581. The topological polar surface area (TPSA) is 91.4 Å². The van der Waals surface area contributed by atoms with E-state index in [-0.39, 0.29) is 60.1 Å². The first-order chi connectivity index (χ1) is 15.4. The summed E-state index contributed by atoms with van der Waals surface area (Å²) in [7, 11) is 0. The molecule has 0 aliphatic carbocycles. The third kappa shape index (κ3) is 10.6. The smallest absolute Gasteiger partial charge is 0.330 e. The van der Waals surface area contributed by atoms with E-state index in [2.05, 4.69) is 68.9 Å². The lowest BCUT2D eigenvalue weighted by Crippen LogP contribution is -2.39. The molecule has 1 rings (SSSR count). The molecule has 0 aromatic rings. The van der Waals surface area contributed by atoms with Crippen LogP contribution in [0.2, 0.25) is 0 Å². The van der Waals surface area contributed by atoms with Crippen LogP contribution in [0.15, 0.2) is 12.7 Å². The molecule has 0 aromatic carbocycles. The van der Waals surface area contributed by atoms with Crippen molar-refractivity contribution in [2.75, 3.05) is 13.2 Å². The van der Waals surface area contributed by atoms with Gasteiger partial charge in [0.15, 0.2) is 0 Å². The zero-order valence-electron chi connectivity index (χ0n) is 22.7. The highest BCUT2D eigenvalue weighted by atomic mass is 16.6. The molecule has 7 nitrogen and oxygen atoms in total. The van der Waals surface area contributed by atoms with Crippen molar-refractivity contribution in [1.29, 1.82) is 0 Å². The summed E-state index contributed by atoms with van der Waals surface area (Å²) in [6.45, 7) is 22.7. The lowest BCUT2D eigenvalue weighted by atomic mass is 9.70. The maximum absolute atomic E-state index is 12.6. The number of epoxide rings is 1. The van der Waals surface area contributed by atoms with Gasteiger partial charge in [0.2, 0.25) is 0 Å². The second kappa shape index (κ2) is 11.7. The zero-order valence-corrected chi connectivity index (χ0v) is 22.7. The van der Waals surface area contributed by atoms with Gasteiger partial charge in [-0.3, -0.25) is 9.59 Å². The van der Waals surface area contributed by atoms with Crippen molar-refractivity contribution in [3.63, 3.8) is 0 Å². The summed E-state index contributed by atoms with van der Waals surface area (Å²) < 4.78 is 21.8. The second-order valence-corrected chi connectivity index (χ2v) is 12.5. The molecule has 1 aliphatic heterocycles. The molecule has 0 bridgehead atoms. The van der Waals surface area contributed by atoms with E-state index in [0.717, 1.165) is 12.5 Å². The molecule has 0 radical (unpaired) electrons. The summed E-state index contributed by atoms with van der Waals surface area (Å²) in [6.07, 6.45) is 3.15. The largest absolute Gasteiger partial charge is 0.462 e. The molecule has 1 fully saturated rings. The van der Waals surface area contributed by atoms with Crippen molar-refractivity contribution < 1.29 is 33.3 Å². The van der Waals surface area contributed by atoms with Gasteiger partial charge in [-0.05, 0) is 42.4 Å². The van der Waals surface area contributed by atoms with Crippen molar-refractivity contribution >= 4 is 17.9 Å². The van der Waals surface area contributed by atoms with Gasteiger partial charge in [-0.15, -0.1) is 0 Å². The average Bonchev–Trinajstić information content (AvgIpc) is 3.31. The molecular weight excluding hydrogens is 436 g/mol. The van der Waals surface area contributed by atoms with E-state index in [1.165, 1.54) is 0 Å². The highest BCUT2D eigenvalue weighted by molar-refractivity contribution is 5.81. The predicted molar refractivity (Wildman–Crippen MR) is 131 cm³/mol. The van der Waals surface area contributed by atoms with E-state index in [1.54, 1.807) is 0 Å². The van der Waals surface area contributed by atoms with Gasteiger partial charge in [0.05, 0.1) is 24.5 Å². The van der Waals surface area contributed by atoms with Gasteiger partial charge in [0.1, 0.15) is 19.3 Å². The molecule has 0 saturated carbocycles. The van der Waals surface area contributed by atoms with Crippen molar-refractivity contribution in [3.05, 3.63) is 12.7 Å². The summed E-state index contributed by atoms with van der Waals surface area (Å²) in [5, 5.41) is 0. The van der Waals surface area contributed by atoms with Crippen LogP contribution >= 0.6 is 0 Å². The second-order valence-electron chi connectivity index (χ2n) is 12.5. The molecule has 34 heavy (non-hydrogen) atoms. The van der Waals surface area contributed by atoms with Gasteiger partial charge in [0.25, 0.3) is 0 Å². The highest BCUT2D eigenvalue weighted by Gasteiger charge is 2.62. The number of rotatable bonds is 13. The number of ether oxygens (including phenoxy) is 4. The fourth-order valence-corrected chi connectivity index (χ4v) is 4.14. The molecule has 3 atom stereocenters. The highest BCUT2D eigenvalue weighted by Crippen LogP contribution is 2.56. The third-order valence-electron chi connectivity index (χ3n) is 6.25. The Morgan fingerprint density at radius 3 is 2.00 bits per heavy atom. The van der Waals surface area contributed by atoms with Crippen LogP contribution in [0, 0.1) is 16.2 Å². The summed E-state index contributed by atoms with van der Waals surface area (Å²) in [6, 6.07) is 0. The standard InChI is InChI=1S/C27H46O7/c1-11-21(28)31-14-15-32-22(29)12-13-23(30)33-19(16-24(2,3)4)17-26(8,9)27(10)20(34-27)18-25(5,6)7/h11,19-20H,1,12-18H2,2-10H3. The Hall–Kier alpha value is -1.89. The molecule has 0 aromatic heterocycles. The Kier molecular flexibility index (Phi) is 10.4.